The highest BCUT2D eigenvalue weighted by molar-refractivity contribution is 6.31. The van der Waals surface area contributed by atoms with Gasteiger partial charge in [-0.3, -0.25) is 0 Å². The van der Waals surface area contributed by atoms with Crippen LogP contribution in [0.2, 0.25) is 5.02 Å². The van der Waals surface area contributed by atoms with Crippen LogP contribution in [0.3, 0.4) is 0 Å². The molecule has 3 rings (SSSR count). The molecule has 0 aliphatic carbocycles. The van der Waals surface area contributed by atoms with Gasteiger partial charge in [0, 0.05) is 5.02 Å². The van der Waals surface area contributed by atoms with Gasteiger partial charge in [-0.25, -0.2) is 0 Å². The van der Waals surface area contributed by atoms with Gasteiger partial charge in [0.1, 0.15) is 0 Å². The van der Waals surface area contributed by atoms with Gasteiger partial charge in [-0.2, -0.15) is 10.5 Å². The number of nitriles is 2. The Kier molecular flexibility index (Phi) is 4.11. The molecule has 0 amide bonds. The Balaban J connectivity index is 2.04. The summed E-state index contributed by atoms with van der Waals surface area (Å²) in [5, 5.41) is 18.4. The molecule has 108 valence electrons. The Hall–Kier alpha value is -3.07. The minimum Gasteiger partial charge on any atom is -0.192 e. The van der Waals surface area contributed by atoms with E-state index in [0.717, 1.165) is 22.3 Å². The van der Waals surface area contributed by atoms with Crippen LogP contribution in [-0.2, 0) is 0 Å². The molecule has 0 atom stereocenters. The molecule has 0 unspecified atom stereocenters. The summed E-state index contributed by atoms with van der Waals surface area (Å²) < 4.78 is 0. The second-order valence-electron chi connectivity index (χ2n) is 5.11. The highest BCUT2D eigenvalue weighted by atomic mass is 35.5. The van der Waals surface area contributed by atoms with Crippen molar-refractivity contribution in [3.8, 4) is 34.4 Å². The normalized spacial score (nSPS) is 9.87. The van der Waals surface area contributed by atoms with Crippen LogP contribution < -0.4 is 0 Å². The molecule has 3 heteroatoms. The van der Waals surface area contributed by atoms with E-state index in [1.807, 2.05) is 36.4 Å². The van der Waals surface area contributed by atoms with Gasteiger partial charge in [0.15, 0.2) is 0 Å². The monoisotopic (exact) mass is 314 g/mol. The smallest absolute Gasteiger partial charge is 0.0991 e. The summed E-state index contributed by atoms with van der Waals surface area (Å²) in [4.78, 5) is 0. The standard InChI is InChI=1S/C20H11ClN2/c21-20-10-18(16-5-1-14(12-22)2-6-16)9-19(11-20)17-7-3-15(13-23)4-8-17/h1-11H. The second-order valence-corrected chi connectivity index (χ2v) is 5.54. The average molecular weight is 315 g/mol. The molecule has 0 aliphatic rings. The first-order chi connectivity index (χ1) is 11.2. The molecule has 23 heavy (non-hydrogen) atoms. The van der Waals surface area contributed by atoms with Gasteiger partial charge >= 0.3 is 0 Å². The predicted molar refractivity (Wildman–Crippen MR) is 91.8 cm³/mol. The van der Waals surface area contributed by atoms with Crippen molar-refractivity contribution in [3.05, 3.63) is 82.9 Å². The van der Waals surface area contributed by atoms with Gasteiger partial charge in [-0.15, -0.1) is 0 Å². The summed E-state index contributed by atoms with van der Waals surface area (Å²) >= 11 is 6.26. The molecule has 0 N–H and O–H groups in total. The van der Waals surface area contributed by atoms with Crippen LogP contribution in [0.1, 0.15) is 11.1 Å². The fourth-order valence-electron chi connectivity index (χ4n) is 2.40. The first kappa shape index (κ1) is 14.9. The van der Waals surface area contributed by atoms with Crippen LogP contribution in [0.4, 0.5) is 0 Å². The zero-order valence-corrected chi connectivity index (χ0v) is 12.9. The predicted octanol–water partition coefficient (Wildman–Crippen LogP) is 5.42. The third kappa shape index (κ3) is 3.24. The maximum absolute atomic E-state index is 8.88. The Bertz CT molecular complexity index is 852. The van der Waals surface area contributed by atoms with E-state index in [0.29, 0.717) is 16.1 Å². The molecule has 0 spiro atoms. The van der Waals surface area contributed by atoms with Crippen LogP contribution in [0.25, 0.3) is 22.3 Å². The highest BCUT2D eigenvalue weighted by Gasteiger charge is 2.05. The molecule has 0 heterocycles. The summed E-state index contributed by atoms with van der Waals surface area (Å²) in [5.74, 6) is 0. The van der Waals surface area contributed by atoms with Gasteiger partial charge in [-0.1, -0.05) is 35.9 Å². The summed E-state index contributed by atoms with van der Waals surface area (Å²) in [6.07, 6.45) is 0. The van der Waals surface area contributed by atoms with E-state index in [1.165, 1.54) is 0 Å². The van der Waals surface area contributed by atoms with Gasteiger partial charge in [0.2, 0.25) is 0 Å². The van der Waals surface area contributed by atoms with E-state index >= 15 is 0 Å². The number of hydrogen-bond acceptors (Lipinski definition) is 2. The zero-order valence-electron chi connectivity index (χ0n) is 12.1. The van der Waals surface area contributed by atoms with E-state index in [4.69, 9.17) is 22.1 Å². The van der Waals surface area contributed by atoms with E-state index < -0.39 is 0 Å². The van der Waals surface area contributed by atoms with Crippen molar-refractivity contribution >= 4 is 11.6 Å². The van der Waals surface area contributed by atoms with Crippen LogP contribution >= 0.6 is 11.6 Å². The lowest BCUT2D eigenvalue weighted by Gasteiger charge is -2.08. The fraction of sp³-hybridized carbons (Fsp3) is 0. The minimum absolute atomic E-state index is 0.628. The molecule has 0 saturated carbocycles. The van der Waals surface area contributed by atoms with Crippen molar-refractivity contribution in [2.45, 2.75) is 0 Å². The molecule has 3 aromatic rings. The first-order valence-corrected chi connectivity index (χ1v) is 7.39. The lowest BCUT2D eigenvalue weighted by Crippen LogP contribution is -1.84. The third-order valence-corrected chi connectivity index (χ3v) is 3.81. The summed E-state index contributed by atoms with van der Waals surface area (Å²) in [6.45, 7) is 0. The summed E-state index contributed by atoms with van der Waals surface area (Å²) in [5.41, 5.74) is 5.23. The van der Waals surface area contributed by atoms with Crippen LogP contribution in [0, 0.1) is 22.7 Å². The first-order valence-electron chi connectivity index (χ1n) is 7.01. The molecule has 0 saturated heterocycles. The van der Waals surface area contributed by atoms with Crippen molar-refractivity contribution in [3.63, 3.8) is 0 Å². The molecule has 0 aromatic heterocycles. The molecule has 0 radical (unpaired) electrons. The molecular formula is C20H11ClN2. The van der Waals surface area contributed by atoms with Gasteiger partial charge in [-0.05, 0) is 64.7 Å². The topological polar surface area (TPSA) is 47.6 Å². The maximum atomic E-state index is 8.88. The fourth-order valence-corrected chi connectivity index (χ4v) is 2.63. The lowest BCUT2D eigenvalue weighted by molar-refractivity contribution is 1.48. The van der Waals surface area contributed by atoms with E-state index in [-0.39, 0.29) is 0 Å². The lowest BCUT2D eigenvalue weighted by atomic mass is 9.98. The third-order valence-electron chi connectivity index (χ3n) is 3.59. The maximum Gasteiger partial charge on any atom is 0.0991 e. The van der Waals surface area contributed by atoms with Crippen molar-refractivity contribution in [1.82, 2.24) is 0 Å². The molecule has 3 aromatic carbocycles. The van der Waals surface area contributed by atoms with E-state index in [2.05, 4.69) is 18.2 Å². The Morgan fingerprint density at radius 1 is 0.565 bits per heavy atom. The SMILES string of the molecule is N#Cc1ccc(-c2cc(Cl)cc(-c3ccc(C#N)cc3)c2)cc1. The van der Waals surface area contributed by atoms with Crippen molar-refractivity contribution in [2.75, 3.05) is 0 Å². The minimum atomic E-state index is 0.628. The highest BCUT2D eigenvalue weighted by Crippen LogP contribution is 2.30. The largest absolute Gasteiger partial charge is 0.192 e. The van der Waals surface area contributed by atoms with Crippen LogP contribution in [0.5, 0.6) is 0 Å². The number of nitrogens with zero attached hydrogens (tertiary/aromatic N) is 2. The number of rotatable bonds is 2. The number of benzene rings is 3. The van der Waals surface area contributed by atoms with Crippen molar-refractivity contribution < 1.29 is 0 Å². The molecule has 0 aliphatic heterocycles. The Labute approximate surface area is 139 Å². The van der Waals surface area contributed by atoms with Crippen molar-refractivity contribution in [1.29, 1.82) is 10.5 Å². The van der Waals surface area contributed by atoms with Crippen LogP contribution in [-0.4, -0.2) is 0 Å². The van der Waals surface area contributed by atoms with Gasteiger partial charge in [0.05, 0.1) is 23.3 Å². The molecule has 2 nitrogen and oxygen atoms in total. The average Bonchev–Trinajstić information content (AvgIpc) is 2.61. The van der Waals surface area contributed by atoms with Gasteiger partial charge in [0.25, 0.3) is 0 Å². The van der Waals surface area contributed by atoms with Gasteiger partial charge < -0.3 is 0 Å². The molecule has 0 bridgehead atoms. The summed E-state index contributed by atoms with van der Waals surface area (Å²) in [7, 11) is 0. The zero-order chi connectivity index (χ0) is 16.2. The summed E-state index contributed by atoms with van der Waals surface area (Å²) in [6, 6.07) is 24.9. The number of halogens is 1. The molecule has 0 fully saturated rings. The van der Waals surface area contributed by atoms with E-state index in [9.17, 15) is 0 Å². The number of hydrogen-bond donors (Lipinski definition) is 0. The van der Waals surface area contributed by atoms with Crippen molar-refractivity contribution in [2.24, 2.45) is 0 Å². The van der Waals surface area contributed by atoms with Crippen LogP contribution in [0.15, 0.2) is 66.7 Å². The Morgan fingerprint density at radius 3 is 1.30 bits per heavy atom. The quantitative estimate of drug-likeness (QED) is 0.634. The van der Waals surface area contributed by atoms with E-state index in [1.54, 1.807) is 24.3 Å². The Morgan fingerprint density at radius 2 is 0.957 bits per heavy atom. The molecular weight excluding hydrogens is 304 g/mol. The second kappa shape index (κ2) is 6.36.